The molecule has 0 amide bonds. The van der Waals surface area contributed by atoms with Gasteiger partial charge in [0.25, 0.3) is 0 Å². The zero-order valence-corrected chi connectivity index (χ0v) is 25.5. The number of thiophene rings is 1. The molecule has 1 aromatic heterocycles. The Morgan fingerprint density at radius 2 is 1.92 bits per heavy atom. The fraction of sp³-hybridized carbons (Fsp3) is 0.308. The van der Waals surface area contributed by atoms with E-state index in [1.54, 1.807) is 18.2 Å². The molecule has 3 aromatic rings. The lowest BCUT2D eigenvalue weighted by atomic mass is 10.1. The van der Waals surface area contributed by atoms with Crippen LogP contribution in [0.2, 0.25) is 10.0 Å². The van der Waals surface area contributed by atoms with Gasteiger partial charge in [-0.1, -0.05) is 41.4 Å². The summed E-state index contributed by atoms with van der Waals surface area (Å²) in [5.41, 5.74) is 2.29. The molecule has 1 saturated heterocycles. The molecule has 1 aliphatic rings. The second-order valence-electron chi connectivity index (χ2n) is 8.78. The van der Waals surface area contributed by atoms with Crippen LogP contribution in [0.15, 0.2) is 46.9 Å². The van der Waals surface area contributed by atoms with Crippen LogP contribution in [0.5, 0.6) is 5.75 Å². The van der Waals surface area contributed by atoms with Gasteiger partial charge in [-0.25, -0.2) is 17.5 Å². The van der Waals surface area contributed by atoms with Crippen LogP contribution in [0.3, 0.4) is 0 Å². The number of carbonyl (C=O) groups is 2. The first kappa shape index (κ1) is 29.8. The highest BCUT2D eigenvalue weighted by Gasteiger charge is 2.29. The molecule has 39 heavy (non-hydrogen) atoms. The molecule has 0 spiro atoms. The van der Waals surface area contributed by atoms with E-state index in [1.165, 1.54) is 22.8 Å². The van der Waals surface area contributed by atoms with Crippen molar-refractivity contribution in [1.29, 1.82) is 0 Å². The van der Waals surface area contributed by atoms with Crippen molar-refractivity contribution >= 4 is 78.4 Å². The monoisotopic (exact) mass is 674 g/mol. The van der Waals surface area contributed by atoms with Gasteiger partial charge >= 0.3 is 5.97 Å². The quantitative estimate of drug-likeness (QED) is 0.200. The number of hydrogen-bond acceptors (Lipinski definition) is 8. The van der Waals surface area contributed by atoms with Crippen molar-refractivity contribution in [1.82, 2.24) is 4.31 Å². The number of rotatable bonds is 10. The Hall–Kier alpha value is -2.15. The van der Waals surface area contributed by atoms with Crippen LogP contribution in [0.4, 0.5) is 5.69 Å². The van der Waals surface area contributed by atoms with Crippen LogP contribution in [-0.2, 0) is 25.3 Å². The third-order valence-electron chi connectivity index (χ3n) is 6.15. The minimum atomic E-state index is -3.50. The lowest BCUT2D eigenvalue weighted by Crippen LogP contribution is -2.42. The fourth-order valence-corrected chi connectivity index (χ4v) is 8.09. The molecule has 0 unspecified atom stereocenters. The summed E-state index contributed by atoms with van der Waals surface area (Å²) < 4.78 is 38.4. The van der Waals surface area contributed by atoms with Gasteiger partial charge in [-0.15, -0.1) is 11.3 Å². The fourth-order valence-electron chi connectivity index (χ4n) is 4.25. The molecule has 13 heteroatoms. The summed E-state index contributed by atoms with van der Waals surface area (Å²) in [6, 6.07) is 12.6. The number of benzene rings is 2. The Morgan fingerprint density at radius 1 is 1.18 bits per heavy atom. The number of ether oxygens (including phenoxy) is 2. The maximum Gasteiger partial charge on any atom is 0.351 e. The number of aldehydes is 1. The molecule has 208 valence electrons. The first-order valence-corrected chi connectivity index (χ1v) is 15.9. The highest BCUT2D eigenvalue weighted by molar-refractivity contribution is 9.10. The predicted octanol–water partition coefficient (Wildman–Crippen LogP) is 6.26. The first-order valence-electron chi connectivity index (χ1n) is 11.9. The van der Waals surface area contributed by atoms with Crippen LogP contribution in [0.25, 0.3) is 10.4 Å². The Morgan fingerprint density at radius 3 is 2.59 bits per heavy atom. The van der Waals surface area contributed by atoms with Gasteiger partial charge in [0.1, 0.15) is 6.61 Å². The average molecular weight is 676 g/mol. The van der Waals surface area contributed by atoms with E-state index >= 15 is 0 Å². The Bertz CT molecular complexity index is 1470. The third kappa shape index (κ3) is 7.14. The van der Waals surface area contributed by atoms with E-state index in [2.05, 4.69) is 21.2 Å². The van der Waals surface area contributed by atoms with Gasteiger partial charge in [0, 0.05) is 24.8 Å². The number of halogens is 3. The Balaban J connectivity index is 1.43. The Labute approximate surface area is 249 Å². The first-order chi connectivity index (χ1) is 18.6. The number of methoxy groups -OCH3 is 1. The number of carbonyl (C=O) groups excluding carboxylic acids is 2. The third-order valence-corrected chi connectivity index (χ3v) is 11.0. The van der Waals surface area contributed by atoms with Gasteiger partial charge < -0.3 is 14.8 Å². The summed E-state index contributed by atoms with van der Waals surface area (Å²) in [6.07, 6.45) is 1.90. The summed E-state index contributed by atoms with van der Waals surface area (Å²) in [5, 5.41) is 4.22. The van der Waals surface area contributed by atoms with E-state index < -0.39 is 16.0 Å². The minimum absolute atomic E-state index is 0.0839. The van der Waals surface area contributed by atoms with Gasteiger partial charge in [0.2, 0.25) is 10.0 Å². The number of hydrogen-bond donors (Lipinski definition) is 1. The molecule has 0 bridgehead atoms. The van der Waals surface area contributed by atoms with Gasteiger partial charge in [0.15, 0.2) is 16.9 Å². The molecule has 8 nitrogen and oxygen atoms in total. The summed E-state index contributed by atoms with van der Waals surface area (Å²) >= 11 is 16.7. The molecule has 1 aliphatic heterocycles. The molecule has 1 fully saturated rings. The Kier molecular flexibility index (Phi) is 9.95. The normalized spacial score (nSPS) is 14.7. The van der Waals surface area contributed by atoms with Crippen molar-refractivity contribution in [3.05, 3.63) is 67.4 Å². The van der Waals surface area contributed by atoms with Crippen molar-refractivity contribution < 1.29 is 27.5 Å². The van der Waals surface area contributed by atoms with Crippen molar-refractivity contribution in [3.63, 3.8) is 0 Å². The van der Waals surface area contributed by atoms with Crippen molar-refractivity contribution in [2.75, 3.05) is 32.1 Å². The largest absolute Gasteiger partial charge is 0.483 e. The van der Waals surface area contributed by atoms with Crippen LogP contribution in [0, 0.1) is 0 Å². The second kappa shape index (κ2) is 13.0. The van der Waals surface area contributed by atoms with Crippen molar-refractivity contribution in [3.8, 4) is 16.2 Å². The average Bonchev–Trinajstić information content (AvgIpc) is 3.25. The van der Waals surface area contributed by atoms with E-state index in [1.807, 2.05) is 24.3 Å². The zero-order chi connectivity index (χ0) is 28.2. The van der Waals surface area contributed by atoms with Crippen LogP contribution in [0.1, 0.15) is 28.1 Å². The van der Waals surface area contributed by atoms with E-state index in [-0.39, 0.29) is 29.0 Å². The summed E-state index contributed by atoms with van der Waals surface area (Å²) in [5.74, 6) is -0.420. The molecule has 0 atom stereocenters. The maximum absolute atomic E-state index is 13.0. The lowest BCUT2D eigenvalue weighted by molar-refractivity contribution is -0.109. The molecule has 2 heterocycles. The molecular formula is C26H25BrCl2N2O6S2. The SMILES string of the molecule is COC(=O)c1sc(-c2cccc(NC3CCN(S(=O)(=O)Cc4ccc(Cl)c(Cl)c4)CC3)c2)c(Br)c1OCC=O. The second-order valence-corrected chi connectivity index (χ2v) is 13.4. The van der Waals surface area contributed by atoms with Crippen LogP contribution in [-0.4, -0.2) is 57.8 Å². The molecule has 1 N–H and O–H groups in total. The predicted molar refractivity (Wildman–Crippen MR) is 158 cm³/mol. The minimum Gasteiger partial charge on any atom is -0.483 e. The highest BCUT2D eigenvalue weighted by Crippen LogP contribution is 2.46. The molecular weight excluding hydrogens is 651 g/mol. The molecule has 0 radical (unpaired) electrons. The van der Waals surface area contributed by atoms with Crippen LogP contribution >= 0.6 is 50.5 Å². The van der Waals surface area contributed by atoms with Crippen LogP contribution < -0.4 is 10.1 Å². The number of sulfonamides is 1. The number of anilines is 1. The zero-order valence-electron chi connectivity index (χ0n) is 20.8. The van der Waals surface area contributed by atoms with Gasteiger partial charge in [-0.2, -0.15) is 0 Å². The van der Waals surface area contributed by atoms with Gasteiger partial charge in [0.05, 0.1) is 32.3 Å². The number of piperidine rings is 1. The summed E-state index contributed by atoms with van der Waals surface area (Å²) in [7, 11) is -2.21. The van der Waals surface area contributed by atoms with Gasteiger partial charge in [-0.05, 0) is 64.2 Å². The van der Waals surface area contributed by atoms with Gasteiger partial charge in [-0.3, -0.25) is 4.79 Å². The topological polar surface area (TPSA) is 102 Å². The molecule has 2 aromatic carbocycles. The standard InChI is InChI=1S/C26H25BrCl2N2O6S2/c1-36-26(33)25-23(37-12-11-32)22(27)24(38-25)17-3-2-4-19(14-17)30-18-7-9-31(10-8-18)39(34,35)15-16-5-6-20(28)21(29)13-16/h2-6,11,13-14,18,30H,7-10,12,15H2,1H3. The summed E-state index contributed by atoms with van der Waals surface area (Å²) in [6.45, 7) is 0.608. The molecule has 0 aliphatic carbocycles. The molecule has 4 rings (SSSR count). The number of nitrogens with one attached hydrogen (secondary N) is 1. The lowest BCUT2D eigenvalue weighted by Gasteiger charge is -2.32. The van der Waals surface area contributed by atoms with Crippen molar-refractivity contribution in [2.45, 2.75) is 24.6 Å². The summed E-state index contributed by atoms with van der Waals surface area (Å²) in [4.78, 5) is 24.1. The highest BCUT2D eigenvalue weighted by atomic mass is 79.9. The molecule has 0 saturated carbocycles. The number of esters is 1. The maximum atomic E-state index is 13.0. The number of nitrogens with zero attached hydrogens (tertiary/aromatic N) is 1. The van der Waals surface area contributed by atoms with E-state index in [0.29, 0.717) is 52.3 Å². The van der Waals surface area contributed by atoms with Crippen molar-refractivity contribution in [2.24, 2.45) is 0 Å². The van der Waals surface area contributed by atoms with E-state index in [0.717, 1.165) is 16.1 Å². The smallest absolute Gasteiger partial charge is 0.351 e. The van der Waals surface area contributed by atoms with E-state index in [9.17, 15) is 18.0 Å². The van der Waals surface area contributed by atoms with E-state index in [4.69, 9.17) is 32.7 Å².